The summed E-state index contributed by atoms with van der Waals surface area (Å²) >= 11 is 0. The van der Waals surface area contributed by atoms with Crippen molar-refractivity contribution in [3.63, 3.8) is 0 Å². The van der Waals surface area contributed by atoms with Crippen molar-refractivity contribution in [1.82, 2.24) is 5.43 Å². The van der Waals surface area contributed by atoms with Crippen LogP contribution in [0.3, 0.4) is 0 Å². The minimum absolute atomic E-state index is 0.0421. The van der Waals surface area contributed by atoms with E-state index >= 15 is 0 Å². The number of hydrogen-bond acceptors (Lipinski definition) is 5. The van der Waals surface area contributed by atoms with Crippen LogP contribution >= 0.6 is 0 Å². The first-order chi connectivity index (χ1) is 12.6. The van der Waals surface area contributed by atoms with Crippen LogP contribution in [-0.2, 0) is 4.79 Å². The number of hydrogen-bond donors (Lipinski definition) is 1. The van der Waals surface area contributed by atoms with Gasteiger partial charge in [-0.25, -0.2) is 5.43 Å². The van der Waals surface area contributed by atoms with Crippen molar-refractivity contribution in [3.05, 3.63) is 82.4 Å². The third-order valence-corrected chi connectivity index (χ3v) is 3.59. The molecule has 130 valence electrons. The fourth-order valence-corrected chi connectivity index (χ4v) is 2.39. The lowest BCUT2D eigenvalue weighted by Gasteiger charge is -2.08. The molecule has 0 saturated carbocycles. The molecule has 0 aliphatic heterocycles. The van der Waals surface area contributed by atoms with Gasteiger partial charge in [0.2, 0.25) is 0 Å². The fourth-order valence-electron chi connectivity index (χ4n) is 2.39. The van der Waals surface area contributed by atoms with Crippen LogP contribution < -0.4 is 10.2 Å². The summed E-state index contributed by atoms with van der Waals surface area (Å²) in [6.07, 6.45) is 1.34. The molecule has 3 aromatic rings. The van der Waals surface area contributed by atoms with Crippen molar-refractivity contribution in [3.8, 4) is 5.75 Å². The summed E-state index contributed by atoms with van der Waals surface area (Å²) in [5.41, 5.74) is 2.80. The zero-order chi connectivity index (χ0) is 18.4. The van der Waals surface area contributed by atoms with Crippen LogP contribution in [0, 0.1) is 10.1 Å². The molecule has 0 heterocycles. The van der Waals surface area contributed by atoms with Gasteiger partial charge >= 0.3 is 0 Å². The number of nitrogens with one attached hydrogen (secondary N) is 1. The van der Waals surface area contributed by atoms with Crippen molar-refractivity contribution in [2.45, 2.75) is 0 Å². The Kier molecular flexibility index (Phi) is 5.19. The van der Waals surface area contributed by atoms with Gasteiger partial charge in [0.05, 0.1) is 11.1 Å². The van der Waals surface area contributed by atoms with Gasteiger partial charge in [0.25, 0.3) is 11.6 Å². The lowest BCUT2D eigenvalue weighted by Crippen LogP contribution is -2.24. The Balaban J connectivity index is 1.57. The SMILES string of the molecule is O=C(COc1cccc2ccccc12)N/N=C\c1cccc([N+](=O)[O-])c1. The van der Waals surface area contributed by atoms with E-state index in [9.17, 15) is 14.9 Å². The molecule has 7 heteroatoms. The lowest BCUT2D eigenvalue weighted by atomic mass is 10.1. The second kappa shape index (κ2) is 7.89. The highest BCUT2D eigenvalue weighted by molar-refractivity contribution is 5.89. The van der Waals surface area contributed by atoms with Gasteiger partial charge in [-0.05, 0) is 11.5 Å². The number of fused-ring (bicyclic) bond motifs is 1. The monoisotopic (exact) mass is 349 g/mol. The van der Waals surface area contributed by atoms with Gasteiger partial charge in [0, 0.05) is 23.1 Å². The van der Waals surface area contributed by atoms with E-state index in [0.29, 0.717) is 11.3 Å². The van der Waals surface area contributed by atoms with E-state index in [-0.39, 0.29) is 12.3 Å². The largest absolute Gasteiger partial charge is 0.483 e. The normalized spacial score (nSPS) is 10.8. The smallest absolute Gasteiger partial charge is 0.277 e. The van der Waals surface area contributed by atoms with Crippen LogP contribution in [0.5, 0.6) is 5.75 Å². The highest BCUT2D eigenvalue weighted by Crippen LogP contribution is 2.24. The lowest BCUT2D eigenvalue weighted by molar-refractivity contribution is -0.384. The number of nitrogens with zero attached hydrogens (tertiary/aromatic N) is 2. The Hall–Kier alpha value is -3.74. The molecular weight excluding hydrogens is 334 g/mol. The number of ether oxygens (including phenoxy) is 1. The van der Waals surface area contributed by atoms with E-state index in [4.69, 9.17) is 4.74 Å². The minimum Gasteiger partial charge on any atom is -0.483 e. The third-order valence-electron chi connectivity index (χ3n) is 3.59. The maximum absolute atomic E-state index is 11.9. The van der Waals surface area contributed by atoms with E-state index in [1.165, 1.54) is 18.3 Å². The maximum atomic E-state index is 11.9. The van der Waals surface area contributed by atoms with Gasteiger partial charge in [-0.1, -0.05) is 48.5 Å². The van der Waals surface area contributed by atoms with Crippen molar-refractivity contribution in [2.75, 3.05) is 6.61 Å². The Morgan fingerprint density at radius 2 is 1.88 bits per heavy atom. The molecule has 3 rings (SSSR count). The number of nitro groups is 1. The molecule has 0 spiro atoms. The van der Waals surface area contributed by atoms with E-state index in [1.807, 2.05) is 36.4 Å². The van der Waals surface area contributed by atoms with Gasteiger partial charge in [0.15, 0.2) is 6.61 Å². The average molecular weight is 349 g/mol. The zero-order valence-electron chi connectivity index (χ0n) is 13.7. The molecule has 0 aliphatic carbocycles. The quantitative estimate of drug-likeness (QED) is 0.420. The summed E-state index contributed by atoms with van der Waals surface area (Å²) in [7, 11) is 0. The van der Waals surface area contributed by atoms with Crippen LogP contribution in [0.25, 0.3) is 10.8 Å². The maximum Gasteiger partial charge on any atom is 0.277 e. The van der Waals surface area contributed by atoms with Crippen LogP contribution in [0.15, 0.2) is 71.8 Å². The molecule has 0 bridgehead atoms. The molecule has 3 aromatic carbocycles. The first kappa shape index (κ1) is 17.1. The topological polar surface area (TPSA) is 93.8 Å². The number of non-ortho nitro benzene ring substituents is 1. The van der Waals surface area contributed by atoms with E-state index in [0.717, 1.165) is 10.8 Å². The van der Waals surface area contributed by atoms with E-state index in [2.05, 4.69) is 10.5 Å². The number of amides is 1. The van der Waals surface area contributed by atoms with Gasteiger partial charge in [-0.2, -0.15) is 5.10 Å². The zero-order valence-corrected chi connectivity index (χ0v) is 13.7. The predicted molar refractivity (Wildman–Crippen MR) is 98.3 cm³/mol. The number of hydrazone groups is 1. The Morgan fingerprint density at radius 1 is 1.12 bits per heavy atom. The Bertz CT molecular complexity index is 980. The second-order valence-corrected chi connectivity index (χ2v) is 5.41. The van der Waals surface area contributed by atoms with Gasteiger partial charge in [0.1, 0.15) is 5.75 Å². The number of nitro benzene ring substituents is 1. The molecule has 0 fully saturated rings. The molecule has 0 aliphatic rings. The van der Waals surface area contributed by atoms with Crippen molar-refractivity contribution >= 4 is 28.6 Å². The molecular formula is C19H15N3O4. The van der Waals surface area contributed by atoms with Crippen LogP contribution in [-0.4, -0.2) is 23.7 Å². The molecule has 26 heavy (non-hydrogen) atoms. The molecule has 1 N–H and O–H groups in total. The van der Waals surface area contributed by atoms with Gasteiger partial charge < -0.3 is 4.74 Å². The first-order valence-corrected chi connectivity index (χ1v) is 7.80. The Labute approximate surface area is 149 Å². The van der Waals surface area contributed by atoms with E-state index in [1.54, 1.807) is 18.2 Å². The predicted octanol–water partition coefficient (Wildman–Crippen LogP) is 3.28. The number of benzene rings is 3. The molecule has 0 aromatic heterocycles. The molecule has 1 amide bonds. The number of rotatable bonds is 6. The molecule has 0 unspecified atom stereocenters. The number of carbonyl (C=O) groups excluding carboxylic acids is 1. The summed E-state index contributed by atoms with van der Waals surface area (Å²) < 4.78 is 5.56. The van der Waals surface area contributed by atoms with E-state index < -0.39 is 10.8 Å². The first-order valence-electron chi connectivity index (χ1n) is 7.80. The molecule has 0 radical (unpaired) electrons. The van der Waals surface area contributed by atoms with Crippen molar-refractivity contribution in [1.29, 1.82) is 0 Å². The Morgan fingerprint density at radius 3 is 2.73 bits per heavy atom. The molecule has 0 atom stereocenters. The van der Waals surface area contributed by atoms with Crippen LogP contribution in [0.2, 0.25) is 0 Å². The average Bonchev–Trinajstić information content (AvgIpc) is 2.66. The van der Waals surface area contributed by atoms with Crippen molar-refractivity contribution in [2.24, 2.45) is 5.10 Å². The molecule has 7 nitrogen and oxygen atoms in total. The fraction of sp³-hybridized carbons (Fsp3) is 0.0526. The van der Waals surface area contributed by atoms with Gasteiger partial charge in [-0.3, -0.25) is 14.9 Å². The highest BCUT2D eigenvalue weighted by atomic mass is 16.6. The summed E-state index contributed by atoms with van der Waals surface area (Å²) in [6.45, 7) is -0.194. The molecule has 0 saturated heterocycles. The van der Waals surface area contributed by atoms with Crippen LogP contribution in [0.1, 0.15) is 5.56 Å². The standard InChI is InChI=1S/C19H15N3O4/c23-19(21-20-12-14-5-3-8-16(11-14)22(24)25)13-26-18-10-4-7-15-6-1-2-9-17(15)18/h1-12H,13H2,(H,21,23)/b20-12-. The summed E-state index contributed by atoms with van der Waals surface area (Å²) in [6, 6.07) is 19.3. The highest BCUT2D eigenvalue weighted by Gasteiger charge is 2.06. The summed E-state index contributed by atoms with van der Waals surface area (Å²) in [4.78, 5) is 22.1. The van der Waals surface area contributed by atoms with Gasteiger partial charge in [-0.15, -0.1) is 0 Å². The number of carbonyl (C=O) groups is 1. The minimum atomic E-state index is -0.492. The second-order valence-electron chi connectivity index (χ2n) is 5.41. The van der Waals surface area contributed by atoms with Crippen molar-refractivity contribution < 1.29 is 14.5 Å². The van der Waals surface area contributed by atoms with Crippen LogP contribution in [0.4, 0.5) is 5.69 Å². The third kappa shape index (κ3) is 4.21. The summed E-state index contributed by atoms with van der Waals surface area (Å²) in [5.74, 6) is 0.181. The summed E-state index contributed by atoms with van der Waals surface area (Å²) in [5, 5.41) is 16.5.